The first-order chi connectivity index (χ1) is 20.2. The Morgan fingerprint density at radius 2 is 1.21 bits per heavy atom. The first kappa shape index (κ1) is 28.9. The van der Waals surface area contributed by atoms with E-state index in [0.29, 0.717) is 30.3 Å². The predicted octanol–water partition coefficient (Wildman–Crippen LogP) is 4.46. The molecule has 0 saturated carbocycles. The molecule has 42 heavy (non-hydrogen) atoms. The van der Waals surface area contributed by atoms with E-state index in [1.807, 2.05) is 93.5 Å². The molecule has 2 aliphatic rings. The Hall–Kier alpha value is -4.64. The minimum atomic E-state index is -0.822. The van der Waals surface area contributed by atoms with Gasteiger partial charge >= 0.3 is 14.2 Å². The fourth-order valence-corrected chi connectivity index (χ4v) is 4.95. The van der Waals surface area contributed by atoms with E-state index in [-0.39, 0.29) is 0 Å². The second-order valence-corrected chi connectivity index (χ2v) is 10.2. The monoisotopic (exact) mass is 557 g/mol. The van der Waals surface area contributed by atoms with Gasteiger partial charge in [0.2, 0.25) is 5.69 Å². The molecule has 0 bridgehead atoms. The Morgan fingerprint density at radius 1 is 0.714 bits per heavy atom. The van der Waals surface area contributed by atoms with Gasteiger partial charge in [0.1, 0.15) is 5.82 Å². The van der Waals surface area contributed by atoms with E-state index in [1.54, 1.807) is 6.07 Å². The average molecular weight is 557 g/mol. The minimum absolute atomic E-state index is 0.418. The van der Waals surface area contributed by atoms with Crippen LogP contribution in [0.25, 0.3) is 9.69 Å². The molecule has 11 heteroatoms. The summed E-state index contributed by atoms with van der Waals surface area (Å²) < 4.78 is 10.4. The van der Waals surface area contributed by atoms with Gasteiger partial charge in [0.25, 0.3) is 0 Å². The molecule has 2 N–H and O–H groups in total. The van der Waals surface area contributed by atoms with Gasteiger partial charge in [-0.2, -0.15) is 0 Å². The quantitative estimate of drug-likeness (QED) is 0.283. The van der Waals surface area contributed by atoms with Crippen LogP contribution in [0.15, 0.2) is 66.7 Å². The van der Waals surface area contributed by atoms with Crippen LogP contribution >= 0.6 is 0 Å². The molecular weight excluding hydrogens is 528 g/mol. The van der Waals surface area contributed by atoms with Crippen molar-refractivity contribution in [2.24, 2.45) is 0 Å². The highest BCUT2D eigenvalue weighted by molar-refractivity contribution is 6.62. The van der Waals surface area contributed by atoms with Crippen LogP contribution in [0, 0.1) is 27.0 Å². The molecule has 2 aliphatic heterocycles. The Balaban J connectivity index is 0.000000168. The lowest BCUT2D eigenvalue weighted by atomic mass is 9.79. The van der Waals surface area contributed by atoms with Gasteiger partial charge in [-0.15, -0.1) is 0 Å². The van der Waals surface area contributed by atoms with Crippen molar-refractivity contribution in [1.82, 2.24) is 4.98 Å². The number of pyridine rings is 1. The van der Waals surface area contributed by atoms with Crippen molar-refractivity contribution >= 4 is 59.4 Å². The smallest absolute Gasteiger partial charge is 0.423 e. The second-order valence-electron chi connectivity index (χ2n) is 10.2. The van der Waals surface area contributed by atoms with Crippen molar-refractivity contribution in [2.45, 2.75) is 27.1 Å². The SMILES string of the molecule is [C-]#[N+]c1ccc(N(C)c2ccc3c(c2)COB3O)cc1C.[C-]#[N+]c1ccc(N(C)c2ccc3c(c2)COB3O)nc1C. The van der Waals surface area contributed by atoms with E-state index in [0.717, 1.165) is 50.5 Å². The normalized spacial score (nSPS) is 13.0. The molecule has 0 fully saturated rings. The summed E-state index contributed by atoms with van der Waals surface area (Å²) in [5.41, 5.74) is 9.61. The van der Waals surface area contributed by atoms with Gasteiger partial charge < -0.3 is 29.2 Å². The van der Waals surface area contributed by atoms with Crippen molar-refractivity contribution in [3.63, 3.8) is 0 Å². The topological polar surface area (TPSA) is 87.0 Å². The van der Waals surface area contributed by atoms with Gasteiger partial charge in [0, 0.05) is 36.9 Å². The van der Waals surface area contributed by atoms with Crippen LogP contribution in [0.3, 0.4) is 0 Å². The van der Waals surface area contributed by atoms with Crippen molar-refractivity contribution in [1.29, 1.82) is 0 Å². The largest absolute Gasteiger partial charge is 0.491 e. The first-order valence-corrected chi connectivity index (χ1v) is 13.4. The molecule has 208 valence electrons. The molecule has 6 rings (SSSR count). The number of nitrogens with zero attached hydrogens (tertiary/aromatic N) is 5. The molecule has 0 radical (unpaired) electrons. The minimum Gasteiger partial charge on any atom is -0.423 e. The van der Waals surface area contributed by atoms with E-state index >= 15 is 0 Å². The van der Waals surface area contributed by atoms with Gasteiger partial charge in [0.15, 0.2) is 5.69 Å². The lowest BCUT2D eigenvalue weighted by Gasteiger charge is -2.21. The molecule has 0 spiro atoms. The Morgan fingerprint density at radius 3 is 1.74 bits per heavy atom. The van der Waals surface area contributed by atoms with Crippen molar-refractivity contribution < 1.29 is 19.4 Å². The summed E-state index contributed by atoms with van der Waals surface area (Å²) in [7, 11) is 2.28. The standard InChI is InChI=1S/C16H15BN2O2.C15H14BN3O2/c1-11-8-13(5-7-16(11)18-2)19(3)14-4-6-15-12(9-14)10-21-17(15)20;1-10-14(17-2)6-7-15(18-10)19(3)12-4-5-13-11(8-12)9-21-16(13)20/h4-9,20H,10H2,1,3H3;4-8,20H,9H2,1,3H3. The van der Waals surface area contributed by atoms with Crippen LogP contribution < -0.4 is 20.7 Å². The van der Waals surface area contributed by atoms with Crippen LogP contribution in [0.4, 0.5) is 34.3 Å². The molecule has 9 nitrogen and oxygen atoms in total. The molecule has 1 aromatic heterocycles. The van der Waals surface area contributed by atoms with Gasteiger partial charge in [-0.3, -0.25) is 0 Å². The number of aryl methyl sites for hydroxylation is 2. The van der Waals surface area contributed by atoms with Crippen molar-refractivity contribution in [2.75, 3.05) is 23.9 Å². The molecule has 0 saturated heterocycles. The number of rotatable bonds is 4. The van der Waals surface area contributed by atoms with Crippen LogP contribution in [0.5, 0.6) is 0 Å². The number of anilines is 4. The third-order valence-corrected chi connectivity index (χ3v) is 7.55. The number of hydrogen-bond donors (Lipinski definition) is 2. The third-order valence-electron chi connectivity index (χ3n) is 7.55. The first-order valence-electron chi connectivity index (χ1n) is 13.4. The number of hydrogen-bond acceptors (Lipinski definition) is 7. The molecule has 3 aromatic carbocycles. The van der Waals surface area contributed by atoms with E-state index in [2.05, 4.69) is 19.6 Å². The molecule has 0 aliphatic carbocycles. The van der Waals surface area contributed by atoms with E-state index in [9.17, 15) is 10.0 Å². The fraction of sp³-hybridized carbons (Fsp3) is 0.194. The maximum Gasteiger partial charge on any atom is 0.491 e. The summed E-state index contributed by atoms with van der Waals surface area (Å²) in [6, 6.07) is 21.1. The number of fused-ring (bicyclic) bond motifs is 2. The zero-order valence-corrected chi connectivity index (χ0v) is 23.9. The zero-order valence-electron chi connectivity index (χ0n) is 23.9. The summed E-state index contributed by atoms with van der Waals surface area (Å²) in [4.78, 5) is 15.4. The average Bonchev–Trinajstić information content (AvgIpc) is 3.57. The molecule has 3 heterocycles. The molecule has 4 aromatic rings. The van der Waals surface area contributed by atoms with Crippen LogP contribution in [0.2, 0.25) is 0 Å². The summed E-state index contributed by atoms with van der Waals surface area (Å²) in [5.74, 6) is 0.777. The molecule has 0 unspecified atom stereocenters. The van der Waals surface area contributed by atoms with E-state index < -0.39 is 14.2 Å². The second kappa shape index (κ2) is 12.1. The Labute approximate surface area is 246 Å². The van der Waals surface area contributed by atoms with Gasteiger partial charge in [0.05, 0.1) is 26.4 Å². The van der Waals surface area contributed by atoms with Crippen molar-refractivity contribution in [3.05, 3.63) is 112 Å². The lowest BCUT2D eigenvalue weighted by Crippen LogP contribution is -2.28. The Bertz CT molecular complexity index is 1610. The molecule has 0 atom stereocenters. The summed E-state index contributed by atoms with van der Waals surface area (Å²) in [5, 5.41) is 19.3. The summed E-state index contributed by atoms with van der Waals surface area (Å²) in [6.45, 7) is 18.8. The third kappa shape index (κ3) is 5.73. The Kier molecular flexibility index (Phi) is 8.30. The summed E-state index contributed by atoms with van der Waals surface area (Å²) >= 11 is 0. The number of aromatic nitrogens is 1. The maximum absolute atomic E-state index is 9.66. The van der Waals surface area contributed by atoms with Gasteiger partial charge in [-0.25, -0.2) is 14.7 Å². The van der Waals surface area contributed by atoms with Gasteiger partial charge in [-0.05, 0) is 83.9 Å². The lowest BCUT2D eigenvalue weighted by molar-refractivity contribution is 0.275. The van der Waals surface area contributed by atoms with Crippen LogP contribution in [-0.4, -0.2) is 43.4 Å². The zero-order chi connectivity index (χ0) is 30.0. The van der Waals surface area contributed by atoms with E-state index in [1.165, 1.54) is 0 Å². The maximum atomic E-state index is 9.66. The highest BCUT2D eigenvalue weighted by atomic mass is 16.5. The van der Waals surface area contributed by atoms with Crippen LogP contribution in [0.1, 0.15) is 22.4 Å². The highest BCUT2D eigenvalue weighted by Crippen LogP contribution is 2.30. The highest BCUT2D eigenvalue weighted by Gasteiger charge is 2.28. The predicted molar refractivity (Wildman–Crippen MR) is 166 cm³/mol. The molecule has 0 amide bonds. The fourth-order valence-electron chi connectivity index (χ4n) is 4.95. The van der Waals surface area contributed by atoms with E-state index in [4.69, 9.17) is 22.5 Å². The van der Waals surface area contributed by atoms with Crippen molar-refractivity contribution in [3.8, 4) is 0 Å². The summed E-state index contributed by atoms with van der Waals surface area (Å²) in [6.07, 6.45) is 0. The van der Waals surface area contributed by atoms with Gasteiger partial charge in [-0.1, -0.05) is 24.3 Å². The molecular formula is C31H29B2N5O4. The van der Waals surface area contributed by atoms with Crippen LogP contribution in [-0.2, 0) is 22.5 Å². The number of benzene rings is 3.